The number of rotatable bonds is 7. The number of hydrogen-bond donors (Lipinski definition) is 2. The quantitative estimate of drug-likeness (QED) is 0.643. The van der Waals surface area contributed by atoms with Crippen LogP contribution >= 0.6 is 0 Å². The largest absolute Gasteiger partial charge is 0.478 e. The molecule has 10 heteroatoms. The Morgan fingerprint density at radius 2 is 2.11 bits per heavy atom. The van der Waals surface area contributed by atoms with Gasteiger partial charge >= 0.3 is 5.97 Å². The van der Waals surface area contributed by atoms with Gasteiger partial charge in [-0.15, -0.1) is 0 Å². The zero-order valence-corrected chi connectivity index (χ0v) is 15.2. The molecule has 0 bridgehead atoms. The molecule has 2 N–H and O–H groups in total. The topological polar surface area (TPSA) is 111 Å². The fourth-order valence-electron chi connectivity index (χ4n) is 2.58. The molecule has 1 amide bonds. The second-order valence-corrected chi connectivity index (χ2v) is 6.06. The highest BCUT2D eigenvalue weighted by Gasteiger charge is 2.16. The molecule has 0 fully saturated rings. The fourth-order valence-corrected chi connectivity index (χ4v) is 2.58. The maximum atomic E-state index is 13.2. The third-order valence-electron chi connectivity index (χ3n) is 3.98. The van der Waals surface area contributed by atoms with E-state index in [4.69, 9.17) is 9.84 Å². The molecule has 0 atom stereocenters. The van der Waals surface area contributed by atoms with Crippen LogP contribution < -0.4 is 10.1 Å². The van der Waals surface area contributed by atoms with Crippen molar-refractivity contribution in [2.24, 2.45) is 0 Å². The van der Waals surface area contributed by atoms with Crippen LogP contribution in [0.3, 0.4) is 0 Å². The number of aryl methyl sites for hydroxylation is 1. The van der Waals surface area contributed by atoms with Gasteiger partial charge in [-0.25, -0.2) is 13.9 Å². The van der Waals surface area contributed by atoms with Gasteiger partial charge in [0.15, 0.2) is 6.73 Å². The molecule has 0 aliphatic rings. The normalized spacial score (nSPS) is 10.7. The van der Waals surface area contributed by atoms with Crippen molar-refractivity contribution >= 4 is 17.6 Å². The Balaban J connectivity index is 1.65. The number of carboxylic acids is 1. The first-order valence-electron chi connectivity index (χ1n) is 8.31. The van der Waals surface area contributed by atoms with E-state index in [2.05, 4.69) is 15.5 Å². The summed E-state index contributed by atoms with van der Waals surface area (Å²) in [6.45, 7) is 3.41. The fraction of sp³-hybridized carbons (Fsp3) is 0.222. The second-order valence-electron chi connectivity index (χ2n) is 6.06. The number of hydrogen-bond acceptors (Lipinski definition) is 5. The summed E-state index contributed by atoms with van der Waals surface area (Å²) >= 11 is 0. The van der Waals surface area contributed by atoms with E-state index < -0.39 is 11.8 Å². The summed E-state index contributed by atoms with van der Waals surface area (Å²) in [6, 6.07) is 5.77. The van der Waals surface area contributed by atoms with E-state index in [0.717, 1.165) is 0 Å². The molecular formula is C18H18FN5O4. The molecule has 2 heterocycles. The van der Waals surface area contributed by atoms with Gasteiger partial charge in [-0.05, 0) is 26.0 Å². The molecule has 1 aromatic carbocycles. The van der Waals surface area contributed by atoms with Crippen LogP contribution in [0, 0.1) is 19.7 Å². The molecule has 3 rings (SSSR count). The third kappa shape index (κ3) is 4.34. The number of ether oxygens (including phenoxy) is 1. The summed E-state index contributed by atoms with van der Waals surface area (Å²) in [5, 5.41) is 19.8. The lowest BCUT2D eigenvalue weighted by molar-refractivity contribution is -0.116. The number of aromatic nitrogens is 4. The van der Waals surface area contributed by atoms with Crippen LogP contribution in [0.4, 0.5) is 10.1 Å². The number of aromatic carboxylic acids is 1. The van der Waals surface area contributed by atoms with Crippen LogP contribution in [0.25, 0.3) is 0 Å². The van der Waals surface area contributed by atoms with E-state index in [1.165, 1.54) is 29.2 Å². The minimum atomic E-state index is -1.11. The molecule has 2 aromatic heterocycles. The highest BCUT2D eigenvalue weighted by Crippen LogP contribution is 2.20. The number of carboxylic acid groups (broad SMARTS) is 1. The predicted octanol–water partition coefficient (Wildman–Crippen LogP) is 2.21. The predicted molar refractivity (Wildman–Crippen MR) is 96.5 cm³/mol. The van der Waals surface area contributed by atoms with Crippen molar-refractivity contribution in [2.75, 3.05) is 5.32 Å². The van der Waals surface area contributed by atoms with Crippen LogP contribution in [0.15, 0.2) is 36.7 Å². The molecule has 28 heavy (non-hydrogen) atoms. The lowest BCUT2D eigenvalue weighted by Gasteiger charge is -2.09. The average molecular weight is 387 g/mol. The number of nitrogens with zero attached hydrogens (tertiary/aromatic N) is 4. The lowest BCUT2D eigenvalue weighted by atomic mass is 10.3. The Labute approximate surface area is 159 Å². The number of nitrogens with one attached hydrogen (secondary N) is 1. The van der Waals surface area contributed by atoms with Gasteiger partial charge in [0.25, 0.3) is 0 Å². The van der Waals surface area contributed by atoms with E-state index in [-0.39, 0.29) is 24.7 Å². The minimum absolute atomic E-state index is 0.00229. The Bertz CT molecular complexity index is 1030. The van der Waals surface area contributed by atoms with Gasteiger partial charge in [0.05, 0.1) is 28.8 Å². The molecule has 0 aliphatic heterocycles. The smallest absolute Gasteiger partial charge is 0.338 e. The standard InChI is InChI=1S/C18H18FN5O4/c1-11-17(21-16(25)9-23-8-13(7-20-23)18(26)27)12(2)24(22-11)10-28-15-5-3-4-14(19)6-15/h3-8H,9-10H2,1-2H3,(H,21,25)(H,26,27). The Kier molecular flexibility index (Phi) is 5.39. The van der Waals surface area contributed by atoms with Gasteiger partial charge < -0.3 is 15.2 Å². The summed E-state index contributed by atoms with van der Waals surface area (Å²) in [6.07, 6.45) is 2.45. The average Bonchev–Trinajstić information content (AvgIpc) is 3.20. The molecule has 3 aromatic rings. The van der Waals surface area contributed by atoms with Gasteiger partial charge in [0.2, 0.25) is 5.91 Å². The van der Waals surface area contributed by atoms with Crippen LogP contribution in [0.2, 0.25) is 0 Å². The van der Waals surface area contributed by atoms with Crippen molar-refractivity contribution < 1.29 is 23.8 Å². The summed E-state index contributed by atoms with van der Waals surface area (Å²) in [4.78, 5) is 23.1. The van der Waals surface area contributed by atoms with Crippen molar-refractivity contribution in [3.63, 3.8) is 0 Å². The Morgan fingerprint density at radius 1 is 1.32 bits per heavy atom. The van der Waals surface area contributed by atoms with Crippen molar-refractivity contribution in [3.05, 3.63) is 59.4 Å². The van der Waals surface area contributed by atoms with Crippen LogP contribution in [0.1, 0.15) is 21.7 Å². The SMILES string of the molecule is Cc1nn(COc2cccc(F)c2)c(C)c1NC(=O)Cn1cc(C(=O)O)cn1. The van der Waals surface area contributed by atoms with Gasteiger partial charge in [-0.1, -0.05) is 6.07 Å². The first kappa shape index (κ1) is 19.1. The molecule has 9 nitrogen and oxygen atoms in total. The van der Waals surface area contributed by atoms with E-state index in [1.54, 1.807) is 30.7 Å². The minimum Gasteiger partial charge on any atom is -0.478 e. The van der Waals surface area contributed by atoms with E-state index in [9.17, 15) is 14.0 Å². The molecule has 146 valence electrons. The maximum Gasteiger partial charge on any atom is 0.338 e. The lowest BCUT2D eigenvalue weighted by Crippen LogP contribution is -2.20. The van der Waals surface area contributed by atoms with Crippen LogP contribution in [0.5, 0.6) is 5.75 Å². The summed E-state index contributed by atoms with van der Waals surface area (Å²) in [5.41, 5.74) is 1.77. The zero-order valence-electron chi connectivity index (χ0n) is 15.2. The summed E-state index contributed by atoms with van der Waals surface area (Å²) in [5.74, 6) is -1.52. The van der Waals surface area contributed by atoms with Crippen molar-refractivity contribution in [1.82, 2.24) is 19.6 Å². The molecule has 0 radical (unpaired) electrons. The highest BCUT2D eigenvalue weighted by molar-refractivity contribution is 5.92. The molecule has 0 saturated carbocycles. The van der Waals surface area contributed by atoms with Crippen molar-refractivity contribution in [3.8, 4) is 5.75 Å². The monoisotopic (exact) mass is 387 g/mol. The molecule has 0 spiro atoms. The van der Waals surface area contributed by atoms with Crippen molar-refractivity contribution in [1.29, 1.82) is 0 Å². The highest BCUT2D eigenvalue weighted by atomic mass is 19.1. The molecule has 0 saturated heterocycles. The van der Waals surface area contributed by atoms with Gasteiger partial charge in [-0.2, -0.15) is 10.2 Å². The molecule has 0 aliphatic carbocycles. The van der Waals surface area contributed by atoms with Crippen LogP contribution in [-0.4, -0.2) is 36.5 Å². The number of amides is 1. The third-order valence-corrected chi connectivity index (χ3v) is 3.98. The number of carbonyl (C=O) groups excluding carboxylic acids is 1. The number of benzene rings is 1. The number of anilines is 1. The first-order valence-corrected chi connectivity index (χ1v) is 8.31. The first-order chi connectivity index (χ1) is 13.3. The summed E-state index contributed by atoms with van der Waals surface area (Å²) in [7, 11) is 0. The van der Waals surface area contributed by atoms with Gasteiger partial charge in [-0.3, -0.25) is 9.48 Å². The Hall–Kier alpha value is -3.69. The van der Waals surface area contributed by atoms with Gasteiger partial charge in [0.1, 0.15) is 18.1 Å². The van der Waals surface area contributed by atoms with E-state index in [1.807, 2.05) is 0 Å². The molecular weight excluding hydrogens is 369 g/mol. The second kappa shape index (κ2) is 7.91. The van der Waals surface area contributed by atoms with E-state index >= 15 is 0 Å². The zero-order chi connectivity index (χ0) is 20.3. The van der Waals surface area contributed by atoms with Gasteiger partial charge in [0, 0.05) is 12.3 Å². The maximum absolute atomic E-state index is 13.2. The number of halogens is 1. The number of carbonyl (C=O) groups is 2. The van der Waals surface area contributed by atoms with Crippen LogP contribution in [-0.2, 0) is 18.1 Å². The summed E-state index contributed by atoms with van der Waals surface area (Å²) < 4.78 is 21.5. The van der Waals surface area contributed by atoms with Crippen molar-refractivity contribution in [2.45, 2.75) is 27.1 Å². The molecule has 0 unspecified atom stereocenters. The van der Waals surface area contributed by atoms with E-state index in [0.29, 0.717) is 22.8 Å². The Morgan fingerprint density at radius 3 is 2.79 bits per heavy atom.